The van der Waals surface area contributed by atoms with Crippen molar-refractivity contribution in [3.63, 3.8) is 0 Å². The lowest BCUT2D eigenvalue weighted by Crippen LogP contribution is -2.12. The minimum Gasteiger partial charge on any atom is -0.497 e. The molecule has 0 fully saturated rings. The molecular weight excluding hydrogens is 234 g/mol. The molecule has 0 saturated heterocycles. The predicted octanol–water partition coefficient (Wildman–Crippen LogP) is 1.29. The minimum atomic E-state index is -0.589. The van der Waals surface area contributed by atoms with Crippen LogP contribution in [0.4, 0.5) is 5.95 Å². The molecule has 0 spiro atoms. The summed E-state index contributed by atoms with van der Waals surface area (Å²) in [6.07, 6.45) is 1.40. The van der Waals surface area contributed by atoms with E-state index in [1.807, 2.05) is 0 Å². The highest BCUT2D eigenvalue weighted by Gasteiger charge is 2.10. The van der Waals surface area contributed by atoms with Gasteiger partial charge in [0.2, 0.25) is 5.95 Å². The van der Waals surface area contributed by atoms with Crippen LogP contribution in [0.15, 0.2) is 36.5 Å². The molecule has 0 amide bonds. The molecule has 1 heterocycles. The standard InChI is InChI=1S/C12H11N3O3/c1-17-8-2-4-9(5-3-8)18-11(16)10-6-7-14-12(13)15-10/h2-7H,1H3,(H2,13,14,15). The van der Waals surface area contributed by atoms with E-state index >= 15 is 0 Å². The monoisotopic (exact) mass is 245 g/mol. The number of hydrogen-bond donors (Lipinski definition) is 1. The fourth-order valence-corrected chi connectivity index (χ4v) is 1.29. The Morgan fingerprint density at radius 3 is 2.44 bits per heavy atom. The van der Waals surface area contributed by atoms with Crippen LogP contribution in [0.5, 0.6) is 11.5 Å². The molecule has 2 rings (SSSR count). The van der Waals surface area contributed by atoms with Crippen LogP contribution in [0, 0.1) is 0 Å². The van der Waals surface area contributed by atoms with Gasteiger partial charge in [-0.2, -0.15) is 0 Å². The average Bonchev–Trinajstić information content (AvgIpc) is 2.39. The normalized spacial score (nSPS) is 9.83. The van der Waals surface area contributed by atoms with Gasteiger partial charge in [0.05, 0.1) is 7.11 Å². The number of aromatic nitrogens is 2. The third-order valence-electron chi connectivity index (χ3n) is 2.15. The maximum atomic E-state index is 11.7. The van der Waals surface area contributed by atoms with Crippen LogP contribution in [0.1, 0.15) is 10.5 Å². The van der Waals surface area contributed by atoms with E-state index in [0.29, 0.717) is 11.5 Å². The lowest BCUT2D eigenvalue weighted by atomic mass is 10.3. The summed E-state index contributed by atoms with van der Waals surface area (Å²) < 4.78 is 10.1. The Kier molecular flexibility index (Phi) is 3.38. The Bertz CT molecular complexity index is 555. The fourth-order valence-electron chi connectivity index (χ4n) is 1.29. The number of hydrogen-bond acceptors (Lipinski definition) is 6. The SMILES string of the molecule is COc1ccc(OC(=O)c2ccnc(N)n2)cc1. The molecular formula is C12H11N3O3. The Morgan fingerprint density at radius 1 is 1.17 bits per heavy atom. The van der Waals surface area contributed by atoms with Gasteiger partial charge in [-0.15, -0.1) is 0 Å². The first kappa shape index (κ1) is 11.8. The molecule has 0 atom stereocenters. The summed E-state index contributed by atoms with van der Waals surface area (Å²) in [5.41, 5.74) is 5.49. The van der Waals surface area contributed by atoms with Crippen LogP contribution >= 0.6 is 0 Å². The molecule has 6 nitrogen and oxygen atoms in total. The molecule has 1 aromatic carbocycles. The largest absolute Gasteiger partial charge is 0.497 e. The second-order valence-electron chi connectivity index (χ2n) is 3.37. The maximum absolute atomic E-state index is 11.7. The molecule has 92 valence electrons. The molecule has 18 heavy (non-hydrogen) atoms. The highest BCUT2D eigenvalue weighted by Crippen LogP contribution is 2.17. The van der Waals surface area contributed by atoms with Crippen LogP contribution in [-0.2, 0) is 0 Å². The molecule has 0 aliphatic heterocycles. The van der Waals surface area contributed by atoms with Gasteiger partial charge in [0.25, 0.3) is 0 Å². The summed E-state index contributed by atoms with van der Waals surface area (Å²) in [6.45, 7) is 0. The first-order valence-electron chi connectivity index (χ1n) is 5.14. The van der Waals surface area contributed by atoms with Gasteiger partial charge in [-0.3, -0.25) is 0 Å². The smallest absolute Gasteiger partial charge is 0.362 e. The van der Waals surface area contributed by atoms with Crippen molar-refractivity contribution in [2.24, 2.45) is 0 Å². The maximum Gasteiger partial charge on any atom is 0.362 e. The molecule has 2 aromatic rings. The Balaban J connectivity index is 2.11. The van der Waals surface area contributed by atoms with Gasteiger partial charge < -0.3 is 15.2 Å². The van der Waals surface area contributed by atoms with Crippen LogP contribution in [-0.4, -0.2) is 23.0 Å². The van der Waals surface area contributed by atoms with Crippen LogP contribution in [0.2, 0.25) is 0 Å². The van der Waals surface area contributed by atoms with Gasteiger partial charge >= 0.3 is 5.97 Å². The first-order chi connectivity index (χ1) is 8.69. The number of benzene rings is 1. The van der Waals surface area contributed by atoms with Crippen molar-refractivity contribution in [1.29, 1.82) is 0 Å². The minimum absolute atomic E-state index is 0.0270. The van der Waals surface area contributed by atoms with Crippen molar-refractivity contribution in [3.8, 4) is 11.5 Å². The zero-order valence-electron chi connectivity index (χ0n) is 9.66. The van der Waals surface area contributed by atoms with Gasteiger partial charge in [-0.05, 0) is 30.3 Å². The van der Waals surface area contributed by atoms with Crippen molar-refractivity contribution in [2.75, 3.05) is 12.8 Å². The van der Waals surface area contributed by atoms with E-state index in [0.717, 1.165) is 0 Å². The number of esters is 1. The van der Waals surface area contributed by atoms with E-state index in [1.165, 1.54) is 12.3 Å². The van der Waals surface area contributed by atoms with Crippen LogP contribution in [0.3, 0.4) is 0 Å². The highest BCUT2D eigenvalue weighted by atomic mass is 16.5. The quantitative estimate of drug-likeness (QED) is 0.647. The van der Waals surface area contributed by atoms with Crippen molar-refractivity contribution < 1.29 is 14.3 Å². The third-order valence-corrected chi connectivity index (χ3v) is 2.15. The van der Waals surface area contributed by atoms with E-state index in [1.54, 1.807) is 31.4 Å². The molecule has 6 heteroatoms. The molecule has 0 aliphatic carbocycles. The van der Waals surface area contributed by atoms with Crippen molar-refractivity contribution >= 4 is 11.9 Å². The van der Waals surface area contributed by atoms with Crippen molar-refractivity contribution in [2.45, 2.75) is 0 Å². The first-order valence-corrected chi connectivity index (χ1v) is 5.14. The van der Waals surface area contributed by atoms with Gasteiger partial charge in [-0.25, -0.2) is 14.8 Å². The number of nitrogens with two attached hydrogens (primary N) is 1. The van der Waals surface area contributed by atoms with Gasteiger partial charge in [0, 0.05) is 6.20 Å². The third kappa shape index (κ3) is 2.73. The Labute approximate surface area is 103 Å². The second kappa shape index (κ2) is 5.13. The van der Waals surface area contributed by atoms with Crippen LogP contribution in [0.25, 0.3) is 0 Å². The lowest BCUT2D eigenvalue weighted by molar-refractivity contribution is 0.0728. The zero-order valence-corrected chi connectivity index (χ0v) is 9.66. The predicted molar refractivity (Wildman–Crippen MR) is 64.4 cm³/mol. The number of carbonyl (C=O) groups is 1. The molecule has 0 saturated carbocycles. The Morgan fingerprint density at radius 2 is 1.83 bits per heavy atom. The summed E-state index contributed by atoms with van der Waals surface area (Å²) in [5, 5.41) is 0. The van der Waals surface area contributed by atoms with E-state index < -0.39 is 5.97 Å². The van der Waals surface area contributed by atoms with E-state index in [-0.39, 0.29) is 11.6 Å². The summed E-state index contributed by atoms with van der Waals surface area (Å²) in [6, 6.07) is 8.07. The lowest BCUT2D eigenvalue weighted by Gasteiger charge is -2.04. The second-order valence-corrected chi connectivity index (χ2v) is 3.37. The number of nitrogen functional groups attached to an aromatic ring is 1. The molecule has 0 aliphatic rings. The van der Waals surface area contributed by atoms with Gasteiger partial charge in [0.15, 0.2) is 5.69 Å². The van der Waals surface area contributed by atoms with Gasteiger partial charge in [-0.1, -0.05) is 0 Å². The molecule has 0 bridgehead atoms. The number of nitrogens with zero attached hydrogens (tertiary/aromatic N) is 2. The summed E-state index contributed by atoms with van der Waals surface area (Å²) in [5.74, 6) is 0.521. The van der Waals surface area contributed by atoms with Crippen LogP contribution < -0.4 is 15.2 Å². The number of rotatable bonds is 3. The fraction of sp³-hybridized carbons (Fsp3) is 0.0833. The molecule has 2 N–H and O–H groups in total. The van der Waals surface area contributed by atoms with E-state index in [2.05, 4.69) is 9.97 Å². The Hall–Kier alpha value is -2.63. The molecule has 0 radical (unpaired) electrons. The number of methoxy groups -OCH3 is 1. The number of carbonyl (C=O) groups excluding carboxylic acids is 1. The van der Waals surface area contributed by atoms with E-state index in [9.17, 15) is 4.79 Å². The summed E-state index contributed by atoms with van der Waals surface area (Å²) >= 11 is 0. The van der Waals surface area contributed by atoms with Gasteiger partial charge in [0.1, 0.15) is 11.5 Å². The van der Waals surface area contributed by atoms with Crippen molar-refractivity contribution in [3.05, 3.63) is 42.2 Å². The zero-order chi connectivity index (χ0) is 13.0. The van der Waals surface area contributed by atoms with Crippen molar-refractivity contribution in [1.82, 2.24) is 9.97 Å². The average molecular weight is 245 g/mol. The highest BCUT2D eigenvalue weighted by molar-refractivity contribution is 5.89. The van der Waals surface area contributed by atoms with E-state index in [4.69, 9.17) is 15.2 Å². The number of anilines is 1. The summed E-state index contributed by atoms with van der Waals surface area (Å²) in [7, 11) is 1.56. The molecule has 0 unspecified atom stereocenters. The topological polar surface area (TPSA) is 87.3 Å². The molecule has 1 aromatic heterocycles. The summed E-state index contributed by atoms with van der Waals surface area (Å²) in [4.78, 5) is 19.2. The number of ether oxygens (including phenoxy) is 2.